The highest BCUT2D eigenvalue weighted by Gasteiger charge is 2.21. The van der Waals surface area contributed by atoms with Crippen molar-refractivity contribution in [3.63, 3.8) is 0 Å². The summed E-state index contributed by atoms with van der Waals surface area (Å²) in [5.74, 6) is 0.815. The van der Waals surface area contributed by atoms with Gasteiger partial charge in [-0.2, -0.15) is 0 Å². The molecule has 1 aromatic carbocycles. The Bertz CT molecular complexity index is 322. The summed E-state index contributed by atoms with van der Waals surface area (Å²) in [6, 6.07) is 8.80. The van der Waals surface area contributed by atoms with Crippen LogP contribution in [-0.2, 0) is 0 Å². The fraction of sp³-hybridized carbons (Fsp3) is 0.538. The van der Waals surface area contributed by atoms with Crippen molar-refractivity contribution in [3.05, 3.63) is 29.8 Å². The van der Waals surface area contributed by atoms with Crippen molar-refractivity contribution >= 4 is 5.69 Å². The second-order valence-electron chi connectivity index (χ2n) is 4.50. The van der Waals surface area contributed by atoms with Gasteiger partial charge in [-0.25, -0.2) is 0 Å². The maximum atomic E-state index is 3.27. The van der Waals surface area contributed by atoms with Gasteiger partial charge in [-0.1, -0.05) is 12.1 Å². The van der Waals surface area contributed by atoms with Gasteiger partial charge in [0.25, 0.3) is 0 Å². The standard InChI is InChI=1S/C13H20N2/c1-11-4-3-5-13(8-11)15-7-6-12(10-15)9-14-2/h3-5,8,12,14H,6-7,9-10H2,1-2H3. The molecule has 1 atom stereocenters. The Morgan fingerprint density at radius 2 is 2.33 bits per heavy atom. The van der Waals surface area contributed by atoms with Crippen LogP contribution in [0.2, 0.25) is 0 Å². The first-order valence-corrected chi connectivity index (χ1v) is 5.76. The van der Waals surface area contributed by atoms with E-state index in [4.69, 9.17) is 0 Å². The van der Waals surface area contributed by atoms with Gasteiger partial charge in [0.05, 0.1) is 0 Å². The molecule has 15 heavy (non-hydrogen) atoms. The molecule has 1 heterocycles. The molecule has 1 unspecified atom stereocenters. The summed E-state index contributed by atoms with van der Waals surface area (Å²) in [7, 11) is 2.04. The summed E-state index contributed by atoms with van der Waals surface area (Å²) in [4.78, 5) is 2.50. The van der Waals surface area contributed by atoms with Crippen LogP contribution in [-0.4, -0.2) is 26.7 Å². The van der Waals surface area contributed by atoms with Crippen molar-refractivity contribution in [1.29, 1.82) is 0 Å². The predicted molar refractivity (Wildman–Crippen MR) is 65.4 cm³/mol. The van der Waals surface area contributed by atoms with E-state index in [1.54, 1.807) is 0 Å². The average Bonchev–Trinajstić information content (AvgIpc) is 2.67. The summed E-state index contributed by atoms with van der Waals surface area (Å²) >= 11 is 0. The van der Waals surface area contributed by atoms with Crippen molar-refractivity contribution in [1.82, 2.24) is 5.32 Å². The van der Waals surface area contributed by atoms with E-state index < -0.39 is 0 Å². The van der Waals surface area contributed by atoms with Crippen molar-refractivity contribution in [2.45, 2.75) is 13.3 Å². The van der Waals surface area contributed by atoms with E-state index in [1.165, 1.54) is 30.8 Å². The monoisotopic (exact) mass is 204 g/mol. The lowest BCUT2D eigenvalue weighted by atomic mass is 10.1. The zero-order chi connectivity index (χ0) is 10.7. The molecule has 1 aromatic rings. The molecular formula is C13H20N2. The molecular weight excluding hydrogens is 184 g/mol. The van der Waals surface area contributed by atoms with Gasteiger partial charge in [0.1, 0.15) is 0 Å². The maximum Gasteiger partial charge on any atom is 0.0368 e. The molecule has 0 radical (unpaired) electrons. The quantitative estimate of drug-likeness (QED) is 0.810. The number of anilines is 1. The van der Waals surface area contributed by atoms with Crippen LogP contribution in [0, 0.1) is 12.8 Å². The van der Waals surface area contributed by atoms with Gasteiger partial charge < -0.3 is 10.2 Å². The Balaban J connectivity index is 2.01. The minimum atomic E-state index is 0.815. The molecule has 1 aliphatic heterocycles. The first kappa shape index (κ1) is 10.5. The van der Waals surface area contributed by atoms with Gasteiger partial charge >= 0.3 is 0 Å². The van der Waals surface area contributed by atoms with E-state index in [0.29, 0.717) is 0 Å². The fourth-order valence-electron chi connectivity index (χ4n) is 2.35. The van der Waals surface area contributed by atoms with Crippen LogP contribution in [0.25, 0.3) is 0 Å². The minimum absolute atomic E-state index is 0.815. The van der Waals surface area contributed by atoms with Gasteiger partial charge in [0, 0.05) is 18.8 Å². The number of benzene rings is 1. The number of rotatable bonds is 3. The van der Waals surface area contributed by atoms with E-state index in [0.717, 1.165) is 12.5 Å². The lowest BCUT2D eigenvalue weighted by molar-refractivity contribution is 0.549. The largest absolute Gasteiger partial charge is 0.371 e. The Morgan fingerprint density at radius 3 is 3.07 bits per heavy atom. The van der Waals surface area contributed by atoms with Gasteiger partial charge in [-0.3, -0.25) is 0 Å². The summed E-state index contributed by atoms with van der Waals surface area (Å²) in [5, 5.41) is 3.27. The average molecular weight is 204 g/mol. The van der Waals surface area contributed by atoms with E-state index in [1.807, 2.05) is 7.05 Å². The zero-order valence-corrected chi connectivity index (χ0v) is 9.66. The van der Waals surface area contributed by atoms with E-state index in [9.17, 15) is 0 Å². The molecule has 0 amide bonds. The van der Waals surface area contributed by atoms with Crippen molar-refractivity contribution < 1.29 is 0 Å². The van der Waals surface area contributed by atoms with E-state index in [-0.39, 0.29) is 0 Å². The van der Waals surface area contributed by atoms with Crippen LogP contribution >= 0.6 is 0 Å². The highest BCUT2D eigenvalue weighted by atomic mass is 15.2. The molecule has 1 saturated heterocycles. The first-order valence-electron chi connectivity index (χ1n) is 5.76. The Kier molecular flexibility index (Phi) is 3.27. The van der Waals surface area contributed by atoms with Crippen LogP contribution in [0.15, 0.2) is 24.3 Å². The van der Waals surface area contributed by atoms with Crippen molar-refractivity contribution in [2.75, 3.05) is 31.6 Å². The number of nitrogens with zero attached hydrogens (tertiary/aromatic N) is 1. The number of nitrogens with one attached hydrogen (secondary N) is 1. The van der Waals surface area contributed by atoms with Crippen molar-refractivity contribution in [3.8, 4) is 0 Å². The lowest BCUT2D eigenvalue weighted by Gasteiger charge is -2.19. The normalized spacial score (nSPS) is 20.9. The molecule has 2 heteroatoms. The van der Waals surface area contributed by atoms with E-state index in [2.05, 4.69) is 41.4 Å². The number of aryl methyl sites for hydroxylation is 1. The summed E-state index contributed by atoms with van der Waals surface area (Å²) in [6.07, 6.45) is 1.31. The lowest BCUT2D eigenvalue weighted by Crippen LogP contribution is -2.24. The summed E-state index contributed by atoms with van der Waals surface area (Å²) in [5.41, 5.74) is 2.73. The van der Waals surface area contributed by atoms with E-state index >= 15 is 0 Å². The minimum Gasteiger partial charge on any atom is -0.371 e. The molecule has 1 fully saturated rings. The van der Waals surface area contributed by atoms with Crippen LogP contribution in [0.4, 0.5) is 5.69 Å². The third-order valence-corrected chi connectivity index (χ3v) is 3.15. The molecule has 82 valence electrons. The van der Waals surface area contributed by atoms with Crippen LogP contribution in [0.1, 0.15) is 12.0 Å². The van der Waals surface area contributed by atoms with Gasteiger partial charge in [-0.15, -0.1) is 0 Å². The highest BCUT2D eigenvalue weighted by Crippen LogP contribution is 2.23. The molecule has 0 aromatic heterocycles. The van der Waals surface area contributed by atoms with Gasteiger partial charge in [0.2, 0.25) is 0 Å². The zero-order valence-electron chi connectivity index (χ0n) is 9.66. The number of hydrogen-bond acceptors (Lipinski definition) is 2. The SMILES string of the molecule is CNCC1CCN(c2cccc(C)c2)C1. The third kappa shape index (κ3) is 2.51. The summed E-state index contributed by atoms with van der Waals surface area (Å²) in [6.45, 7) is 5.70. The Hall–Kier alpha value is -1.02. The highest BCUT2D eigenvalue weighted by molar-refractivity contribution is 5.49. The predicted octanol–water partition coefficient (Wildman–Crippen LogP) is 2.04. The fourth-order valence-corrected chi connectivity index (χ4v) is 2.35. The molecule has 2 rings (SSSR count). The topological polar surface area (TPSA) is 15.3 Å². The second kappa shape index (κ2) is 4.67. The van der Waals surface area contributed by atoms with Gasteiger partial charge in [0.15, 0.2) is 0 Å². The van der Waals surface area contributed by atoms with Gasteiger partial charge in [-0.05, 0) is 50.6 Å². The third-order valence-electron chi connectivity index (χ3n) is 3.15. The summed E-state index contributed by atoms with van der Waals surface area (Å²) < 4.78 is 0. The second-order valence-corrected chi connectivity index (χ2v) is 4.50. The smallest absolute Gasteiger partial charge is 0.0368 e. The van der Waals surface area contributed by atoms with Crippen LogP contribution < -0.4 is 10.2 Å². The molecule has 1 N–H and O–H groups in total. The van der Waals surface area contributed by atoms with Crippen LogP contribution in [0.3, 0.4) is 0 Å². The van der Waals surface area contributed by atoms with Crippen molar-refractivity contribution in [2.24, 2.45) is 5.92 Å². The molecule has 0 aliphatic carbocycles. The number of hydrogen-bond donors (Lipinski definition) is 1. The van der Waals surface area contributed by atoms with Crippen LogP contribution in [0.5, 0.6) is 0 Å². The Morgan fingerprint density at radius 1 is 1.47 bits per heavy atom. The maximum absolute atomic E-state index is 3.27. The Labute approximate surface area is 92.3 Å². The first-order chi connectivity index (χ1) is 7.29. The molecule has 0 spiro atoms. The molecule has 0 bridgehead atoms. The molecule has 1 aliphatic rings. The molecule has 2 nitrogen and oxygen atoms in total. The molecule has 0 saturated carbocycles.